The fraction of sp³-hybridized carbons (Fsp3) is 1.00. The fourth-order valence-corrected chi connectivity index (χ4v) is 2.78. The Morgan fingerprint density at radius 1 is 1.39 bits per heavy atom. The molecule has 0 aromatic heterocycles. The molecule has 2 N–H and O–H groups in total. The van der Waals surface area contributed by atoms with E-state index in [2.05, 4.69) is 10.0 Å². The maximum atomic E-state index is 12.0. The van der Waals surface area contributed by atoms with E-state index in [9.17, 15) is 8.42 Å². The number of nitrogens with zero attached hydrogens (tertiary/aromatic N) is 1. The van der Waals surface area contributed by atoms with E-state index in [1.165, 1.54) is 4.31 Å². The molecular formula is C11H27N3O3S. The molecule has 1 unspecified atom stereocenters. The third kappa shape index (κ3) is 7.27. The number of nitrogens with one attached hydrogen (secondary N) is 2. The highest BCUT2D eigenvalue weighted by molar-refractivity contribution is 7.87. The summed E-state index contributed by atoms with van der Waals surface area (Å²) in [5, 5.41) is 2.99. The topological polar surface area (TPSA) is 70.7 Å². The summed E-state index contributed by atoms with van der Waals surface area (Å²) in [4.78, 5) is 0. The second-order valence-electron chi connectivity index (χ2n) is 4.34. The molecule has 0 amide bonds. The summed E-state index contributed by atoms with van der Waals surface area (Å²) in [7, 11) is 1.61. The van der Waals surface area contributed by atoms with Gasteiger partial charge in [0.25, 0.3) is 10.2 Å². The van der Waals surface area contributed by atoms with E-state index >= 15 is 0 Å². The molecule has 0 aromatic carbocycles. The van der Waals surface area contributed by atoms with Gasteiger partial charge in [0.2, 0.25) is 0 Å². The molecule has 0 aliphatic rings. The van der Waals surface area contributed by atoms with Crippen molar-refractivity contribution < 1.29 is 13.2 Å². The molecule has 0 heterocycles. The molecule has 0 saturated heterocycles. The van der Waals surface area contributed by atoms with Crippen LogP contribution in [0.3, 0.4) is 0 Å². The third-order valence-corrected chi connectivity index (χ3v) is 4.27. The lowest BCUT2D eigenvalue weighted by Gasteiger charge is -2.22. The second-order valence-corrected chi connectivity index (χ2v) is 6.15. The predicted molar refractivity (Wildman–Crippen MR) is 73.8 cm³/mol. The van der Waals surface area contributed by atoms with E-state index in [1.807, 2.05) is 14.0 Å². The van der Waals surface area contributed by atoms with Crippen molar-refractivity contribution >= 4 is 10.2 Å². The molecule has 0 radical (unpaired) electrons. The van der Waals surface area contributed by atoms with Crippen LogP contribution in [0.5, 0.6) is 0 Å². The Kier molecular flexibility index (Phi) is 9.57. The van der Waals surface area contributed by atoms with Crippen molar-refractivity contribution in [1.29, 1.82) is 0 Å². The highest BCUT2D eigenvalue weighted by Gasteiger charge is 2.21. The van der Waals surface area contributed by atoms with E-state index < -0.39 is 10.2 Å². The Balaban J connectivity index is 4.32. The summed E-state index contributed by atoms with van der Waals surface area (Å²) < 4.78 is 33.1. The number of rotatable bonds is 11. The summed E-state index contributed by atoms with van der Waals surface area (Å²) in [6.45, 7) is 3.73. The summed E-state index contributed by atoms with van der Waals surface area (Å²) in [6.07, 6.45) is 2.48. The van der Waals surface area contributed by atoms with Gasteiger partial charge in [-0.2, -0.15) is 17.4 Å². The molecule has 0 aromatic rings. The van der Waals surface area contributed by atoms with Crippen molar-refractivity contribution in [3.8, 4) is 0 Å². The van der Waals surface area contributed by atoms with Crippen LogP contribution < -0.4 is 10.0 Å². The molecule has 6 nitrogen and oxygen atoms in total. The lowest BCUT2D eigenvalue weighted by Crippen LogP contribution is -2.45. The first-order chi connectivity index (χ1) is 8.47. The summed E-state index contributed by atoms with van der Waals surface area (Å²) >= 11 is 0. The van der Waals surface area contributed by atoms with Crippen LogP contribution in [0.1, 0.15) is 26.2 Å². The fourth-order valence-electron chi connectivity index (χ4n) is 1.63. The van der Waals surface area contributed by atoms with Gasteiger partial charge in [-0.05, 0) is 26.4 Å². The molecule has 0 aliphatic carbocycles. The first-order valence-electron chi connectivity index (χ1n) is 6.35. The summed E-state index contributed by atoms with van der Waals surface area (Å²) in [6, 6.07) is -0.156. The predicted octanol–water partition coefficient (Wildman–Crippen LogP) is 0.177. The molecule has 0 aliphatic heterocycles. The molecule has 110 valence electrons. The van der Waals surface area contributed by atoms with Gasteiger partial charge in [0, 0.05) is 26.7 Å². The van der Waals surface area contributed by atoms with Gasteiger partial charge in [0.1, 0.15) is 0 Å². The van der Waals surface area contributed by atoms with Gasteiger partial charge in [-0.25, -0.2) is 0 Å². The average molecular weight is 281 g/mol. The van der Waals surface area contributed by atoms with Crippen molar-refractivity contribution in [2.75, 3.05) is 40.9 Å². The minimum atomic E-state index is -3.41. The molecular weight excluding hydrogens is 254 g/mol. The summed E-state index contributed by atoms with van der Waals surface area (Å²) in [5.41, 5.74) is 0. The van der Waals surface area contributed by atoms with Crippen molar-refractivity contribution in [2.45, 2.75) is 32.2 Å². The van der Waals surface area contributed by atoms with Gasteiger partial charge in [-0.3, -0.25) is 0 Å². The number of methoxy groups -OCH3 is 1. The minimum Gasteiger partial charge on any atom is -0.383 e. The SMILES string of the molecule is CCCC(COC)NS(=O)(=O)N(C)CCCNC. The molecule has 0 rings (SSSR count). The Bertz CT molecular complexity index is 290. The molecule has 18 heavy (non-hydrogen) atoms. The first-order valence-corrected chi connectivity index (χ1v) is 7.79. The Hall–Kier alpha value is -0.210. The van der Waals surface area contributed by atoms with Gasteiger partial charge in [0.05, 0.1) is 6.61 Å². The van der Waals surface area contributed by atoms with Crippen LogP contribution in [0.4, 0.5) is 0 Å². The van der Waals surface area contributed by atoms with E-state index in [0.29, 0.717) is 13.2 Å². The zero-order chi connectivity index (χ0) is 14.0. The average Bonchev–Trinajstić information content (AvgIpc) is 2.29. The zero-order valence-corrected chi connectivity index (χ0v) is 12.7. The molecule has 1 atom stereocenters. The van der Waals surface area contributed by atoms with Crippen LogP contribution in [0.15, 0.2) is 0 Å². The van der Waals surface area contributed by atoms with Crippen LogP contribution >= 0.6 is 0 Å². The molecule has 0 fully saturated rings. The van der Waals surface area contributed by atoms with Crippen LogP contribution in [-0.4, -0.2) is 59.7 Å². The smallest absolute Gasteiger partial charge is 0.279 e. The molecule has 0 bridgehead atoms. The highest BCUT2D eigenvalue weighted by atomic mass is 32.2. The van der Waals surface area contributed by atoms with Gasteiger partial charge in [-0.1, -0.05) is 13.3 Å². The molecule has 0 spiro atoms. The second kappa shape index (κ2) is 9.69. The zero-order valence-electron chi connectivity index (χ0n) is 11.9. The monoisotopic (exact) mass is 281 g/mol. The largest absolute Gasteiger partial charge is 0.383 e. The van der Waals surface area contributed by atoms with Crippen molar-refractivity contribution in [2.24, 2.45) is 0 Å². The van der Waals surface area contributed by atoms with Crippen LogP contribution in [-0.2, 0) is 14.9 Å². The number of hydrogen-bond acceptors (Lipinski definition) is 4. The Morgan fingerprint density at radius 2 is 2.06 bits per heavy atom. The maximum Gasteiger partial charge on any atom is 0.279 e. The Labute approximate surface area is 111 Å². The van der Waals surface area contributed by atoms with E-state index in [0.717, 1.165) is 25.8 Å². The number of ether oxygens (including phenoxy) is 1. The van der Waals surface area contributed by atoms with Gasteiger partial charge in [0.15, 0.2) is 0 Å². The lowest BCUT2D eigenvalue weighted by atomic mass is 10.2. The van der Waals surface area contributed by atoms with Crippen LogP contribution in [0.2, 0.25) is 0 Å². The van der Waals surface area contributed by atoms with Crippen LogP contribution in [0.25, 0.3) is 0 Å². The minimum absolute atomic E-state index is 0.156. The van der Waals surface area contributed by atoms with Crippen molar-refractivity contribution in [3.63, 3.8) is 0 Å². The van der Waals surface area contributed by atoms with Gasteiger partial charge >= 0.3 is 0 Å². The van der Waals surface area contributed by atoms with E-state index in [-0.39, 0.29) is 6.04 Å². The van der Waals surface area contributed by atoms with Crippen molar-refractivity contribution in [3.05, 3.63) is 0 Å². The number of hydrogen-bond donors (Lipinski definition) is 2. The standard InChI is InChI=1S/C11H27N3O3S/c1-5-7-11(10-17-4)13-18(15,16)14(3)9-6-8-12-2/h11-13H,5-10H2,1-4H3. The van der Waals surface area contributed by atoms with Crippen LogP contribution in [0, 0.1) is 0 Å². The molecule has 0 saturated carbocycles. The maximum absolute atomic E-state index is 12.0. The summed E-state index contributed by atoms with van der Waals surface area (Å²) in [5.74, 6) is 0. The first kappa shape index (κ1) is 17.8. The molecule has 7 heteroatoms. The van der Waals surface area contributed by atoms with E-state index in [1.54, 1.807) is 14.2 Å². The van der Waals surface area contributed by atoms with Gasteiger partial charge < -0.3 is 10.1 Å². The quantitative estimate of drug-likeness (QED) is 0.530. The van der Waals surface area contributed by atoms with Gasteiger partial charge in [-0.15, -0.1) is 0 Å². The Morgan fingerprint density at radius 3 is 2.56 bits per heavy atom. The van der Waals surface area contributed by atoms with E-state index in [4.69, 9.17) is 4.74 Å². The van der Waals surface area contributed by atoms with Crippen molar-refractivity contribution in [1.82, 2.24) is 14.3 Å². The third-order valence-electron chi connectivity index (χ3n) is 2.63. The lowest BCUT2D eigenvalue weighted by molar-refractivity contribution is 0.170. The highest BCUT2D eigenvalue weighted by Crippen LogP contribution is 2.03. The normalized spacial score (nSPS) is 14.1.